The van der Waals surface area contributed by atoms with Crippen LogP contribution in [0.25, 0.3) is 5.69 Å². The van der Waals surface area contributed by atoms with Crippen molar-refractivity contribution < 1.29 is 14.3 Å². The minimum absolute atomic E-state index is 0.0203. The zero-order valence-corrected chi connectivity index (χ0v) is 21.9. The number of carbonyl (C=O) groups excluding carboxylic acids is 1. The highest BCUT2D eigenvalue weighted by molar-refractivity contribution is 6.07. The quantitative estimate of drug-likeness (QED) is 0.411. The van der Waals surface area contributed by atoms with Crippen LogP contribution < -0.4 is 19.7 Å². The van der Waals surface area contributed by atoms with Gasteiger partial charge in [0.25, 0.3) is 5.91 Å². The zero-order valence-electron chi connectivity index (χ0n) is 21.9. The summed E-state index contributed by atoms with van der Waals surface area (Å²) in [5.41, 5.74) is 2.42. The normalized spacial score (nSPS) is 18.9. The van der Waals surface area contributed by atoms with Crippen molar-refractivity contribution in [3.05, 3.63) is 66.5 Å². The third kappa shape index (κ3) is 5.67. The van der Waals surface area contributed by atoms with Crippen LogP contribution in [0.15, 0.2) is 60.9 Å². The number of hydrogen-bond acceptors (Lipinski definition) is 5. The number of rotatable bonds is 9. The van der Waals surface area contributed by atoms with E-state index >= 15 is 0 Å². The standard InChI is InChI=1S/C30H38N4O3/c1-36-28-15-14-23(20-29(28)37-2)30(35)34(25-12-6-11-24(21-25)33-18-8-17-32-33)27(26-13-7-16-31-26)19-22-9-4-3-5-10-22/h6,8,11-12,14-15,17-18,20-22,26-27,31H,3-5,7,9-10,13,16,19H2,1-2H3. The average molecular weight is 503 g/mol. The van der Waals surface area contributed by atoms with Crippen molar-refractivity contribution in [2.75, 3.05) is 25.7 Å². The van der Waals surface area contributed by atoms with Crippen molar-refractivity contribution in [2.45, 2.75) is 63.5 Å². The van der Waals surface area contributed by atoms with Gasteiger partial charge in [-0.2, -0.15) is 5.10 Å². The third-order valence-corrected chi connectivity index (χ3v) is 7.92. The summed E-state index contributed by atoms with van der Waals surface area (Å²) in [6.45, 7) is 0.998. The molecule has 0 radical (unpaired) electrons. The monoisotopic (exact) mass is 502 g/mol. The first kappa shape index (κ1) is 25.3. The largest absolute Gasteiger partial charge is 0.493 e. The smallest absolute Gasteiger partial charge is 0.258 e. The number of carbonyl (C=O) groups is 1. The summed E-state index contributed by atoms with van der Waals surface area (Å²) in [6, 6.07) is 15.9. The first-order chi connectivity index (χ1) is 18.2. The maximum absolute atomic E-state index is 14.4. The minimum Gasteiger partial charge on any atom is -0.493 e. The van der Waals surface area contributed by atoms with Crippen LogP contribution in [0.1, 0.15) is 61.7 Å². The molecule has 5 rings (SSSR count). The lowest BCUT2D eigenvalue weighted by Crippen LogP contribution is -2.51. The van der Waals surface area contributed by atoms with Crippen molar-refractivity contribution in [1.82, 2.24) is 15.1 Å². The van der Waals surface area contributed by atoms with E-state index in [0.29, 0.717) is 23.0 Å². The van der Waals surface area contributed by atoms with Gasteiger partial charge < -0.3 is 19.7 Å². The molecule has 7 nitrogen and oxygen atoms in total. The summed E-state index contributed by atoms with van der Waals surface area (Å²) in [5, 5.41) is 8.15. The molecule has 1 amide bonds. The number of ether oxygens (including phenoxy) is 2. The Morgan fingerprint density at radius 3 is 2.57 bits per heavy atom. The van der Waals surface area contributed by atoms with Crippen molar-refractivity contribution in [1.29, 1.82) is 0 Å². The van der Waals surface area contributed by atoms with Gasteiger partial charge in [-0.15, -0.1) is 0 Å². The third-order valence-electron chi connectivity index (χ3n) is 7.92. The lowest BCUT2D eigenvalue weighted by molar-refractivity contribution is 0.0964. The molecule has 0 bridgehead atoms. The number of hydrogen-bond donors (Lipinski definition) is 1. The van der Waals surface area contributed by atoms with Gasteiger partial charge in [-0.05, 0) is 74.2 Å². The molecular formula is C30H38N4O3. The fourth-order valence-corrected chi connectivity index (χ4v) is 6.03. The molecule has 2 fully saturated rings. The van der Waals surface area contributed by atoms with Gasteiger partial charge >= 0.3 is 0 Å². The Balaban J connectivity index is 1.58. The summed E-state index contributed by atoms with van der Waals surface area (Å²) in [5.74, 6) is 1.79. The maximum atomic E-state index is 14.4. The second-order valence-electron chi connectivity index (χ2n) is 10.2. The fraction of sp³-hybridized carbons (Fsp3) is 0.467. The number of methoxy groups -OCH3 is 2. The highest BCUT2D eigenvalue weighted by Crippen LogP contribution is 2.35. The molecule has 7 heteroatoms. The Bertz CT molecular complexity index is 1170. The average Bonchev–Trinajstić information content (AvgIpc) is 3.68. The Labute approximate surface area is 219 Å². The number of nitrogens with one attached hydrogen (secondary N) is 1. The van der Waals surface area contributed by atoms with E-state index in [1.165, 1.54) is 32.1 Å². The van der Waals surface area contributed by atoms with Crippen LogP contribution in [0, 0.1) is 5.92 Å². The molecule has 1 aromatic heterocycles. The predicted octanol–water partition coefficient (Wildman–Crippen LogP) is 5.63. The van der Waals surface area contributed by atoms with Crippen molar-refractivity contribution >= 4 is 11.6 Å². The van der Waals surface area contributed by atoms with Crippen LogP contribution >= 0.6 is 0 Å². The van der Waals surface area contributed by atoms with Crippen molar-refractivity contribution in [3.8, 4) is 17.2 Å². The van der Waals surface area contributed by atoms with Crippen LogP contribution in [-0.4, -0.2) is 48.5 Å². The lowest BCUT2D eigenvalue weighted by Gasteiger charge is -2.39. The Kier molecular flexibility index (Phi) is 8.09. The van der Waals surface area contributed by atoms with Crippen LogP contribution in [0.2, 0.25) is 0 Å². The highest BCUT2D eigenvalue weighted by atomic mass is 16.5. The molecule has 1 saturated carbocycles. The molecular weight excluding hydrogens is 464 g/mol. The molecule has 0 spiro atoms. The summed E-state index contributed by atoms with van der Waals surface area (Å²) in [7, 11) is 3.21. The number of anilines is 1. The molecule has 2 atom stereocenters. The van der Waals surface area contributed by atoms with Gasteiger partial charge in [0.1, 0.15) is 0 Å². The topological polar surface area (TPSA) is 68.6 Å². The van der Waals surface area contributed by atoms with Crippen LogP contribution in [0.4, 0.5) is 5.69 Å². The second-order valence-corrected chi connectivity index (χ2v) is 10.2. The van der Waals surface area contributed by atoms with E-state index in [9.17, 15) is 4.79 Å². The molecule has 196 valence electrons. The zero-order chi connectivity index (χ0) is 25.6. The lowest BCUT2D eigenvalue weighted by atomic mass is 9.82. The van der Waals surface area contributed by atoms with Gasteiger partial charge in [0, 0.05) is 29.7 Å². The van der Waals surface area contributed by atoms with Gasteiger partial charge in [0.05, 0.1) is 25.9 Å². The molecule has 1 aliphatic carbocycles. The van der Waals surface area contributed by atoms with E-state index < -0.39 is 0 Å². The van der Waals surface area contributed by atoms with Crippen LogP contribution in [0.3, 0.4) is 0 Å². The Morgan fingerprint density at radius 2 is 1.86 bits per heavy atom. The number of aromatic nitrogens is 2. The highest BCUT2D eigenvalue weighted by Gasteiger charge is 2.36. The van der Waals surface area contributed by atoms with Crippen molar-refractivity contribution in [2.24, 2.45) is 5.92 Å². The summed E-state index contributed by atoms with van der Waals surface area (Å²) < 4.78 is 12.8. The van der Waals surface area contributed by atoms with Crippen molar-refractivity contribution in [3.63, 3.8) is 0 Å². The van der Waals surface area contributed by atoms with Crippen LogP contribution in [-0.2, 0) is 0 Å². The molecule has 2 unspecified atom stereocenters. The molecule has 1 saturated heterocycles. The molecule has 3 aromatic rings. The van der Waals surface area contributed by atoms with E-state index in [0.717, 1.165) is 37.2 Å². The second kappa shape index (κ2) is 11.8. The van der Waals surface area contributed by atoms with Crippen LogP contribution in [0.5, 0.6) is 11.5 Å². The summed E-state index contributed by atoms with van der Waals surface area (Å²) in [6.07, 6.45) is 13.3. The molecule has 1 aliphatic heterocycles. The molecule has 2 heterocycles. The van der Waals surface area contributed by atoms with Gasteiger partial charge in [0.15, 0.2) is 11.5 Å². The molecule has 37 heavy (non-hydrogen) atoms. The number of amides is 1. The maximum Gasteiger partial charge on any atom is 0.258 e. The first-order valence-corrected chi connectivity index (χ1v) is 13.6. The summed E-state index contributed by atoms with van der Waals surface area (Å²) >= 11 is 0. The van der Waals surface area contributed by atoms with E-state index in [4.69, 9.17) is 9.47 Å². The van der Waals surface area contributed by atoms with Gasteiger partial charge in [-0.1, -0.05) is 38.2 Å². The van der Waals surface area contributed by atoms with E-state index in [2.05, 4.69) is 22.5 Å². The van der Waals surface area contributed by atoms with E-state index in [1.54, 1.807) is 26.5 Å². The SMILES string of the molecule is COc1ccc(C(=O)N(c2cccc(-n3cccn3)c2)C(CC2CCCCC2)C2CCCN2)cc1OC. The van der Waals surface area contributed by atoms with Gasteiger partial charge in [0.2, 0.25) is 0 Å². The van der Waals surface area contributed by atoms with E-state index in [1.807, 2.05) is 46.1 Å². The molecule has 2 aromatic carbocycles. The Hall–Kier alpha value is -3.32. The van der Waals surface area contributed by atoms with E-state index in [-0.39, 0.29) is 18.0 Å². The molecule has 1 N–H and O–H groups in total. The van der Waals surface area contributed by atoms with Gasteiger partial charge in [-0.25, -0.2) is 4.68 Å². The Morgan fingerprint density at radius 1 is 1.03 bits per heavy atom. The number of benzene rings is 2. The van der Waals surface area contributed by atoms with Gasteiger partial charge in [-0.3, -0.25) is 4.79 Å². The molecule has 2 aliphatic rings. The minimum atomic E-state index is -0.0203. The predicted molar refractivity (Wildman–Crippen MR) is 146 cm³/mol. The summed E-state index contributed by atoms with van der Waals surface area (Å²) in [4.78, 5) is 16.5. The number of nitrogens with zero attached hydrogens (tertiary/aromatic N) is 3. The fourth-order valence-electron chi connectivity index (χ4n) is 6.03. The first-order valence-electron chi connectivity index (χ1n) is 13.6.